The lowest BCUT2D eigenvalue weighted by atomic mass is 10.2. The van der Waals surface area contributed by atoms with Crippen LogP contribution in [0.3, 0.4) is 0 Å². The number of nitrogens with zero attached hydrogens (tertiary/aromatic N) is 2. The topological polar surface area (TPSA) is 45.9 Å². The van der Waals surface area contributed by atoms with Crippen LogP contribution in [0.1, 0.15) is 18.2 Å². The highest BCUT2D eigenvalue weighted by Gasteiger charge is 1.95. The van der Waals surface area contributed by atoms with E-state index in [1.54, 1.807) is 18.3 Å². The van der Waals surface area contributed by atoms with Crippen molar-refractivity contribution < 1.29 is 4.74 Å². The van der Waals surface area contributed by atoms with Crippen LogP contribution in [0.4, 0.5) is 0 Å². The van der Waals surface area contributed by atoms with Crippen molar-refractivity contribution >= 4 is 0 Å². The van der Waals surface area contributed by atoms with Crippen LogP contribution in [0.5, 0.6) is 0 Å². The van der Waals surface area contributed by atoms with Crippen LogP contribution >= 0.6 is 0 Å². The summed E-state index contributed by atoms with van der Waals surface area (Å²) in [6.45, 7) is 3.07. The van der Waals surface area contributed by atoms with E-state index in [0.717, 1.165) is 5.69 Å². The summed E-state index contributed by atoms with van der Waals surface area (Å²) in [6, 6.07) is 5.46. The highest BCUT2D eigenvalue weighted by atomic mass is 16.5. The minimum atomic E-state index is 0.478. The summed E-state index contributed by atoms with van der Waals surface area (Å²) in [5.41, 5.74) is 1.43. The monoisotopic (exact) mass is 162 g/mol. The van der Waals surface area contributed by atoms with Crippen molar-refractivity contribution in [3.05, 3.63) is 29.6 Å². The zero-order chi connectivity index (χ0) is 8.81. The van der Waals surface area contributed by atoms with Gasteiger partial charge in [0.1, 0.15) is 0 Å². The Kier molecular flexibility index (Phi) is 3.24. The largest absolute Gasteiger partial charge is 0.375 e. The molecule has 0 fully saturated rings. The Hall–Kier alpha value is -1.40. The van der Waals surface area contributed by atoms with Gasteiger partial charge in [0.2, 0.25) is 0 Å². The zero-order valence-electron chi connectivity index (χ0n) is 6.95. The smallest absolute Gasteiger partial charge is 0.0992 e. The summed E-state index contributed by atoms with van der Waals surface area (Å²) in [5, 5.41) is 8.57. The van der Waals surface area contributed by atoms with Gasteiger partial charge in [0, 0.05) is 12.8 Å². The Morgan fingerprint density at radius 3 is 3.17 bits per heavy atom. The van der Waals surface area contributed by atoms with Crippen LogP contribution in [-0.2, 0) is 11.3 Å². The van der Waals surface area contributed by atoms with E-state index in [4.69, 9.17) is 10.00 Å². The number of hydrogen-bond acceptors (Lipinski definition) is 3. The van der Waals surface area contributed by atoms with E-state index >= 15 is 0 Å². The maximum Gasteiger partial charge on any atom is 0.0992 e. The average molecular weight is 162 g/mol. The van der Waals surface area contributed by atoms with Gasteiger partial charge in [-0.05, 0) is 19.1 Å². The summed E-state index contributed by atoms with van der Waals surface area (Å²) in [6.07, 6.45) is 1.62. The molecule has 0 bridgehead atoms. The van der Waals surface area contributed by atoms with Gasteiger partial charge in [-0.3, -0.25) is 4.98 Å². The van der Waals surface area contributed by atoms with Gasteiger partial charge in [-0.25, -0.2) is 0 Å². The number of rotatable bonds is 3. The Morgan fingerprint density at radius 2 is 2.50 bits per heavy atom. The summed E-state index contributed by atoms with van der Waals surface area (Å²) < 4.78 is 5.15. The molecule has 0 aliphatic carbocycles. The highest BCUT2D eigenvalue weighted by Crippen LogP contribution is 2.01. The molecule has 3 heteroatoms. The van der Waals surface area contributed by atoms with Gasteiger partial charge < -0.3 is 4.74 Å². The molecular formula is C9H10N2O. The van der Waals surface area contributed by atoms with Crippen molar-refractivity contribution in [3.8, 4) is 6.07 Å². The molecule has 0 aromatic carbocycles. The van der Waals surface area contributed by atoms with E-state index in [1.807, 2.05) is 13.0 Å². The van der Waals surface area contributed by atoms with Crippen LogP contribution in [0.2, 0.25) is 0 Å². The predicted octanol–water partition coefficient (Wildman–Crippen LogP) is 1.49. The molecular weight excluding hydrogens is 152 g/mol. The number of nitriles is 1. The van der Waals surface area contributed by atoms with Crippen molar-refractivity contribution in [2.75, 3.05) is 6.61 Å². The molecule has 0 amide bonds. The van der Waals surface area contributed by atoms with Crippen molar-refractivity contribution in [1.29, 1.82) is 5.26 Å². The van der Waals surface area contributed by atoms with Crippen LogP contribution in [0.25, 0.3) is 0 Å². The third-order valence-corrected chi connectivity index (χ3v) is 1.40. The van der Waals surface area contributed by atoms with Crippen molar-refractivity contribution in [2.45, 2.75) is 13.5 Å². The standard InChI is InChI=1S/C9H10N2O/c1-2-12-7-9-5-8(6-10)3-4-11-9/h3-5H,2,7H2,1H3. The quantitative estimate of drug-likeness (QED) is 0.676. The first-order valence-electron chi connectivity index (χ1n) is 3.79. The molecule has 0 saturated carbocycles. The average Bonchev–Trinajstić information content (AvgIpc) is 2.15. The van der Waals surface area contributed by atoms with Gasteiger partial charge in [0.15, 0.2) is 0 Å². The lowest BCUT2D eigenvalue weighted by Gasteiger charge is -1.99. The second kappa shape index (κ2) is 4.47. The maximum absolute atomic E-state index is 8.57. The number of pyridine rings is 1. The SMILES string of the molecule is CCOCc1cc(C#N)ccn1. The normalized spacial score (nSPS) is 9.33. The number of ether oxygens (including phenoxy) is 1. The van der Waals surface area contributed by atoms with Gasteiger partial charge in [-0.1, -0.05) is 0 Å². The molecule has 0 N–H and O–H groups in total. The third-order valence-electron chi connectivity index (χ3n) is 1.40. The Morgan fingerprint density at radius 1 is 1.67 bits per heavy atom. The predicted molar refractivity (Wildman–Crippen MR) is 44.3 cm³/mol. The molecule has 3 nitrogen and oxygen atoms in total. The fourth-order valence-corrected chi connectivity index (χ4v) is 0.833. The molecule has 1 heterocycles. The van der Waals surface area contributed by atoms with E-state index in [1.165, 1.54) is 0 Å². The third kappa shape index (κ3) is 2.33. The molecule has 0 aliphatic heterocycles. The Labute approximate surface area is 71.6 Å². The second-order valence-electron chi connectivity index (χ2n) is 2.28. The van der Waals surface area contributed by atoms with Gasteiger partial charge in [-0.2, -0.15) is 5.26 Å². The Balaban J connectivity index is 2.68. The highest BCUT2D eigenvalue weighted by molar-refractivity contribution is 5.28. The summed E-state index contributed by atoms with van der Waals surface area (Å²) >= 11 is 0. The molecule has 62 valence electrons. The molecule has 1 rings (SSSR count). The first-order valence-corrected chi connectivity index (χ1v) is 3.79. The molecule has 1 aromatic heterocycles. The van der Waals surface area contributed by atoms with Crippen LogP contribution in [-0.4, -0.2) is 11.6 Å². The lowest BCUT2D eigenvalue weighted by molar-refractivity contribution is 0.131. The van der Waals surface area contributed by atoms with E-state index in [9.17, 15) is 0 Å². The molecule has 0 saturated heterocycles. The molecule has 12 heavy (non-hydrogen) atoms. The first-order chi connectivity index (χ1) is 5.86. The van der Waals surface area contributed by atoms with Gasteiger partial charge in [0.25, 0.3) is 0 Å². The maximum atomic E-state index is 8.57. The lowest BCUT2D eigenvalue weighted by Crippen LogP contribution is -1.95. The second-order valence-corrected chi connectivity index (χ2v) is 2.28. The summed E-state index contributed by atoms with van der Waals surface area (Å²) in [4.78, 5) is 4.05. The van der Waals surface area contributed by atoms with E-state index < -0.39 is 0 Å². The fourth-order valence-electron chi connectivity index (χ4n) is 0.833. The molecule has 0 radical (unpaired) electrons. The summed E-state index contributed by atoms with van der Waals surface area (Å²) in [5.74, 6) is 0. The van der Waals surface area contributed by atoms with Gasteiger partial charge >= 0.3 is 0 Å². The van der Waals surface area contributed by atoms with Crippen molar-refractivity contribution in [3.63, 3.8) is 0 Å². The van der Waals surface area contributed by atoms with Crippen LogP contribution in [0, 0.1) is 11.3 Å². The van der Waals surface area contributed by atoms with Crippen molar-refractivity contribution in [2.24, 2.45) is 0 Å². The molecule has 0 aliphatic rings. The molecule has 1 aromatic rings. The Bertz CT molecular complexity index is 291. The van der Waals surface area contributed by atoms with E-state index in [0.29, 0.717) is 18.8 Å². The van der Waals surface area contributed by atoms with Crippen LogP contribution in [0.15, 0.2) is 18.3 Å². The molecule has 0 spiro atoms. The minimum absolute atomic E-state index is 0.478. The van der Waals surface area contributed by atoms with Gasteiger partial charge in [0.05, 0.1) is 23.9 Å². The van der Waals surface area contributed by atoms with Crippen LogP contribution < -0.4 is 0 Å². The minimum Gasteiger partial charge on any atom is -0.375 e. The molecule has 0 atom stereocenters. The number of aromatic nitrogens is 1. The van der Waals surface area contributed by atoms with E-state index in [2.05, 4.69) is 4.98 Å². The fraction of sp³-hybridized carbons (Fsp3) is 0.333. The van der Waals surface area contributed by atoms with Crippen molar-refractivity contribution in [1.82, 2.24) is 4.98 Å². The summed E-state index contributed by atoms with van der Waals surface area (Å²) in [7, 11) is 0. The van der Waals surface area contributed by atoms with E-state index in [-0.39, 0.29) is 0 Å². The van der Waals surface area contributed by atoms with Gasteiger partial charge in [-0.15, -0.1) is 0 Å². The zero-order valence-corrected chi connectivity index (χ0v) is 6.95. The first kappa shape index (κ1) is 8.69. The number of hydrogen-bond donors (Lipinski definition) is 0. The molecule has 0 unspecified atom stereocenters.